The quantitative estimate of drug-likeness (QED) is 0.0893. The molecule has 0 atom stereocenters. The van der Waals surface area contributed by atoms with Gasteiger partial charge < -0.3 is 9.80 Å². The molecule has 1 saturated heterocycles. The van der Waals surface area contributed by atoms with Gasteiger partial charge in [0.25, 0.3) is 0 Å². The van der Waals surface area contributed by atoms with Gasteiger partial charge in [0.1, 0.15) is 23.0 Å². The van der Waals surface area contributed by atoms with Crippen LogP contribution in [0.25, 0.3) is 22.8 Å². The normalized spacial score (nSPS) is 19.2. The molecule has 462 valence electrons. The number of hydrogen-bond acceptors (Lipinski definition) is 10. The van der Waals surface area contributed by atoms with Crippen LogP contribution in [-0.2, 0) is 11.8 Å². The Kier molecular flexibility index (Phi) is 16.9. The van der Waals surface area contributed by atoms with E-state index in [-0.39, 0.29) is 90.8 Å². The second-order valence-electron chi connectivity index (χ2n) is 22.1. The van der Waals surface area contributed by atoms with Crippen LogP contribution in [0.15, 0.2) is 36.7 Å². The fourth-order valence-electron chi connectivity index (χ4n) is 9.53. The molecule has 2 aliphatic carbocycles. The van der Waals surface area contributed by atoms with Gasteiger partial charge in [-0.3, -0.25) is 9.97 Å². The Morgan fingerprint density at radius 3 is 1.00 bits per heavy atom. The van der Waals surface area contributed by atoms with E-state index in [1.165, 1.54) is 0 Å². The first-order valence-corrected chi connectivity index (χ1v) is 25.1. The molecule has 0 bridgehead atoms. The smallest absolute Gasteiger partial charge is 0.339 e. The van der Waals surface area contributed by atoms with E-state index in [4.69, 9.17) is 0 Å². The highest BCUT2D eigenvalue weighted by Gasteiger charge is 2.89. The largest absolute Gasteiger partial charge is 0.385 e. The van der Waals surface area contributed by atoms with Gasteiger partial charge in [-0.05, 0) is 92.9 Å². The Morgan fingerprint density at radius 1 is 0.410 bits per heavy atom. The van der Waals surface area contributed by atoms with Crippen LogP contribution in [0.3, 0.4) is 0 Å². The summed E-state index contributed by atoms with van der Waals surface area (Å²) in [5.41, 5.74) is -5.81. The van der Waals surface area contributed by atoms with Gasteiger partial charge in [-0.1, -0.05) is 27.7 Å². The Bertz CT molecular complexity index is 2730. The molecule has 3 aliphatic rings. The summed E-state index contributed by atoms with van der Waals surface area (Å²) >= 11 is 0. The standard InChI is InChI=1S/C49H48F24N10/c1-38(2)14-10-24(11-15-38)30-76-32(26-6-8-28(74-22-26)40(54,55)44(62,63)48(70,71)46(66,67)42(58,59)34(50)51)80-36(78-30)82-18-5-19-83(21-20-82)37-79-31(25-12-16-39(3,4)17-13-25)77-33(81-37)27-7-9-29(75-23-27)41(56,57)45(64,65)49(72,73)47(68,69)43(60,61)35(52)53/h6-9,22-25,34-35H,5,10-21H2,1-4H3. The molecule has 2 saturated carbocycles. The van der Waals surface area contributed by atoms with Crippen molar-refractivity contribution in [2.24, 2.45) is 10.8 Å². The number of halogens is 24. The summed E-state index contributed by atoms with van der Waals surface area (Å²) in [7, 11) is 0. The fourth-order valence-corrected chi connectivity index (χ4v) is 9.53. The molecule has 0 spiro atoms. The van der Waals surface area contributed by atoms with Crippen LogP contribution in [0.4, 0.5) is 117 Å². The molecule has 3 fully saturated rings. The van der Waals surface area contributed by atoms with Gasteiger partial charge in [-0.2, -0.15) is 108 Å². The minimum Gasteiger partial charge on any atom is -0.339 e. The molecule has 10 nitrogen and oxygen atoms in total. The minimum atomic E-state index is -7.81. The SMILES string of the molecule is CC1(C)CCC(c2nc(-c3ccc(C(F)(F)C(F)(F)C(F)(F)C(F)(F)C(F)(F)C(F)F)nc3)nc(N3CCCN(c4nc(-c5ccc(C(F)(F)C(F)(F)C(F)(F)C(F)(F)C(F)(F)C(F)F)nc5)nc(C5CCC(C)(C)CC5)n4)CC3)n2)CC1. The molecule has 0 amide bonds. The van der Waals surface area contributed by atoms with Gasteiger partial charge in [0, 0.05) is 61.5 Å². The van der Waals surface area contributed by atoms with Crippen LogP contribution in [0.1, 0.15) is 120 Å². The van der Waals surface area contributed by atoms with Gasteiger partial charge in [0.05, 0.1) is 0 Å². The Morgan fingerprint density at radius 2 is 0.723 bits per heavy atom. The number of nitrogens with zero attached hydrogens (tertiary/aromatic N) is 10. The van der Waals surface area contributed by atoms with Crippen LogP contribution in [0, 0.1) is 10.8 Å². The lowest BCUT2D eigenvalue weighted by atomic mass is 9.73. The monoisotopic (exact) mass is 1230 g/mol. The average Bonchev–Trinajstić information content (AvgIpc) is 1.95. The van der Waals surface area contributed by atoms with Crippen LogP contribution in [-0.4, -0.2) is 126 Å². The lowest BCUT2D eigenvalue weighted by Gasteiger charge is -2.38. The second-order valence-corrected chi connectivity index (χ2v) is 22.1. The van der Waals surface area contributed by atoms with Crippen LogP contribution < -0.4 is 9.80 Å². The lowest BCUT2D eigenvalue weighted by molar-refractivity contribution is -0.415. The van der Waals surface area contributed by atoms with Crippen molar-refractivity contribution < 1.29 is 105 Å². The van der Waals surface area contributed by atoms with E-state index < -0.39 is 106 Å². The average molecular weight is 1230 g/mol. The van der Waals surface area contributed by atoms with Gasteiger partial charge in [-0.15, -0.1) is 0 Å². The number of pyridine rings is 2. The predicted octanol–water partition coefficient (Wildman–Crippen LogP) is 15.1. The maximum absolute atomic E-state index is 15.2. The summed E-state index contributed by atoms with van der Waals surface area (Å²) in [6.45, 7) is 8.10. The van der Waals surface area contributed by atoms with Gasteiger partial charge in [-0.25, -0.2) is 27.5 Å². The highest BCUT2D eigenvalue weighted by atomic mass is 19.4. The molecule has 7 rings (SSSR count). The minimum absolute atomic E-state index is 0.0387. The molecule has 0 aromatic carbocycles. The first-order chi connectivity index (χ1) is 37.8. The highest BCUT2D eigenvalue weighted by molar-refractivity contribution is 5.57. The number of rotatable bonds is 18. The van der Waals surface area contributed by atoms with E-state index in [0.717, 1.165) is 0 Å². The predicted molar refractivity (Wildman–Crippen MR) is 245 cm³/mol. The summed E-state index contributed by atoms with van der Waals surface area (Å²) < 4.78 is 338. The van der Waals surface area contributed by atoms with E-state index in [1.54, 1.807) is 9.80 Å². The van der Waals surface area contributed by atoms with Crippen molar-refractivity contribution in [2.75, 3.05) is 36.0 Å². The van der Waals surface area contributed by atoms with Crippen LogP contribution in [0.2, 0.25) is 0 Å². The van der Waals surface area contributed by atoms with E-state index in [2.05, 4.69) is 39.9 Å². The molecular formula is C49H48F24N10. The Balaban J connectivity index is 1.20. The van der Waals surface area contributed by atoms with E-state index in [9.17, 15) is 87.8 Å². The molecule has 4 aromatic heterocycles. The molecule has 0 unspecified atom stereocenters. The summed E-state index contributed by atoms with van der Waals surface area (Å²) in [5, 5.41) is 0. The van der Waals surface area contributed by atoms with Crippen molar-refractivity contribution in [3.8, 4) is 22.8 Å². The summed E-state index contributed by atoms with van der Waals surface area (Å²) in [6, 6.07) is 0.956. The molecule has 1 aliphatic heterocycles. The summed E-state index contributed by atoms with van der Waals surface area (Å²) in [5.74, 6) is -75.0. The number of anilines is 2. The molecule has 0 radical (unpaired) electrons. The van der Waals surface area contributed by atoms with Crippen molar-refractivity contribution >= 4 is 11.9 Å². The number of alkyl halides is 24. The molecule has 34 heteroatoms. The summed E-state index contributed by atoms with van der Waals surface area (Å²) in [6.07, 6.45) is -5.97. The van der Waals surface area contributed by atoms with Crippen molar-refractivity contribution in [3.63, 3.8) is 0 Å². The third-order valence-electron chi connectivity index (χ3n) is 15.2. The molecular weight excluding hydrogens is 1180 g/mol. The third-order valence-corrected chi connectivity index (χ3v) is 15.2. The highest BCUT2D eigenvalue weighted by Crippen LogP contribution is 2.62. The zero-order chi connectivity index (χ0) is 62.3. The van der Waals surface area contributed by atoms with E-state index in [0.29, 0.717) is 75.9 Å². The Hall–Kier alpha value is -5.76. The number of hydrogen-bond donors (Lipinski definition) is 0. The van der Waals surface area contributed by atoms with Crippen LogP contribution in [0.5, 0.6) is 0 Å². The molecule has 83 heavy (non-hydrogen) atoms. The van der Waals surface area contributed by atoms with Gasteiger partial charge in [0.2, 0.25) is 11.9 Å². The van der Waals surface area contributed by atoms with Crippen LogP contribution >= 0.6 is 0 Å². The molecule has 0 N–H and O–H groups in total. The van der Waals surface area contributed by atoms with E-state index >= 15 is 17.6 Å². The zero-order valence-electron chi connectivity index (χ0n) is 43.5. The first kappa shape index (κ1) is 64.8. The lowest BCUT2D eigenvalue weighted by Crippen LogP contribution is -2.68. The summed E-state index contributed by atoms with van der Waals surface area (Å²) in [4.78, 5) is 36.3. The second kappa shape index (κ2) is 21.6. The molecule has 5 heterocycles. The fraction of sp³-hybridized carbons (Fsp3) is 0.673. The number of aromatic nitrogens is 8. The van der Waals surface area contributed by atoms with Crippen molar-refractivity contribution in [3.05, 3.63) is 59.7 Å². The van der Waals surface area contributed by atoms with Crippen molar-refractivity contribution in [1.82, 2.24) is 39.9 Å². The topological polar surface area (TPSA) is 110 Å². The molecule has 4 aromatic rings. The van der Waals surface area contributed by atoms with Gasteiger partial charge >= 0.3 is 72.1 Å². The first-order valence-electron chi connectivity index (χ1n) is 25.1. The van der Waals surface area contributed by atoms with E-state index in [1.807, 2.05) is 27.7 Å². The Labute approximate surface area is 455 Å². The maximum atomic E-state index is 15.2. The van der Waals surface area contributed by atoms with Crippen molar-refractivity contribution in [2.45, 2.75) is 169 Å². The van der Waals surface area contributed by atoms with Crippen molar-refractivity contribution in [1.29, 1.82) is 0 Å². The van der Waals surface area contributed by atoms with Gasteiger partial charge in [0.15, 0.2) is 11.6 Å². The zero-order valence-corrected chi connectivity index (χ0v) is 43.5. The maximum Gasteiger partial charge on any atom is 0.385 e. The third kappa shape index (κ3) is 11.3.